The Bertz CT molecular complexity index is 841. The second-order valence-electron chi connectivity index (χ2n) is 4.73. The van der Waals surface area contributed by atoms with Crippen LogP contribution >= 0.6 is 11.3 Å². The van der Waals surface area contributed by atoms with Crippen molar-refractivity contribution >= 4 is 28.4 Å². The third kappa shape index (κ3) is 2.30. The summed E-state index contributed by atoms with van der Waals surface area (Å²) < 4.78 is 1.59. The van der Waals surface area contributed by atoms with Crippen molar-refractivity contribution in [3.8, 4) is 0 Å². The lowest BCUT2D eigenvalue weighted by atomic mass is 10.1. The molecule has 2 aromatic heterocycles. The zero-order valence-electron chi connectivity index (χ0n) is 11.3. The minimum Gasteiger partial charge on any atom is -0.269 e. The summed E-state index contributed by atoms with van der Waals surface area (Å²) >= 11 is 1.47. The molecule has 0 radical (unpaired) electrons. The van der Waals surface area contributed by atoms with Gasteiger partial charge >= 0.3 is 0 Å². The highest BCUT2D eigenvalue weighted by atomic mass is 32.1. The maximum Gasteiger partial charge on any atom is 0.262 e. The summed E-state index contributed by atoms with van der Waals surface area (Å²) in [6, 6.07) is 8.24. The Labute approximate surface area is 120 Å². The molecule has 2 heterocycles. The number of thiazole rings is 1. The van der Waals surface area contributed by atoms with Gasteiger partial charge < -0.3 is 0 Å². The molecule has 20 heavy (non-hydrogen) atoms. The van der Waals surface area contributed by atoms with Crippen LogP contribution in [0.15, 0.2) is 40.6 Å². The Morgan fingerprint density at radius 3 is 2.65 bits per heavy atom. The molecule has 0 saturated carbocycles. The second kappa shape index (κ2) is 5.06. The maximum atomic E-state index is 12.2. The fraction of sp³-hybridized carbons (Fsp3) is 0.125. The van der Waals surface area contributed by atoms with E-state index < -0.39 is 0 Å². The predicted octanol–water partition coefficient (Wildman–Crippen LogP) is 3.54. The zero-order valence-corrected chi connectivity index (χ0v) is 12.1. The summed E-state index contributed by atoms with van der Waals surface area (Å²) in [7, 11) is 0. The first-order valence-corrected chi connectivity index (χ1v) is 7.24. The molecule has 3 rings (SSSR count). The first kappa shape index (κ1) is 12.8. The lowest BCUT2D eigenvalue weighted by molar-refractivity contribution is 1.03. The van der Waals surface area contributed by atoms with Gasteiger partial charge in [-0.15, -0.1) is 11.3 Å². The van der Waals surface area contributed by atoms with Crippen LogP contribution in [0.5, 0.6) is 0 Å². The summed E-state index contributed by atoms with van der Waals surface area (Å²) in [4.78, 5) is 17.4. The van der Waals surface area contributed by atoms with Gasteiger partial charge in [-0.25, -0.2) is 4.98 Å². The minimum atomic E-state index is -0.000180. The smallest absolute Gasteiger partial charge is 0.262 e. The van der Waals surface area contributed by atoms with Crippen LogP contribution in [0.3, 0.4) is 0 Å². The van der Waals surface area contributed by atoms with E-state index in [0.29, 0.717) is 5.56 Å². The molecular weight excluding hydrogens is 268 g/mol. The van der Waals surface area contributed by atoms with Gasteiger partial charge in [-0.1, -0.05) is 35.9 Å². The zero-order chi connectivity index (χ0) is 14.1. The van der Waals surface area contributed by atoms with E-state index in [4.69, 9.17) is 0 Å². The number of hydrogen-bond acceptors (Lipinski definition) is 3. The van der Waals surface area contributed by atoms with Gasteiger partial charge in [-0.05, 0) is 25.5 Å². The molecule has 0 aliphatic carbocycles. The van der Waals surface area contributed by atoms with Crippen molar-refractivity contribution in [2.75, 3.05) is 0 Å². The Hall–Kier alpha value is -2.20. The van der Waals surface area contributed by atoms with Gasteiger partial charge in [-0.2, -0.15) is 0 Å². The van der Waals surface area contributed by atoms with Gasteiger partial charge in [0.2, 0.25) is 0 Å². The monoisotopic (exact) mass is 282 g/mol. The van der Waals surface area contributed by atoms with Crippen LogP contribution in [0.25, 0.3) is 17.1 Å². The van der Waals surface area contributed by atoms with Crippen molar-refractivity contribution in [1.82, 2.24) is 9.38 Å². The highest BCUT2D eigenvalue weighted by molar-refractivity contribution is 7.15. The number of fused-ring (bicyclic) bond motifs is 1. The van der Waals surface area contributed by atoms with Crippen LogP contribution in [0.4, 0.5) is 0 Å². The van der Waals surface area contributed by atoms with Gasteiger partial charge in [0.25, 0.3) is 5.56 Å². The number of hydrogen-bond donors (Lipinski definition) is 0. The lowest BCUT2D eigenvalue weighted by Crippen LogP contribution is -2.17. The molecule has 0 fully saturated rings. The topological polar surface area (TPSA) is 34.4 Å². The molecule has 0 bridgehead atoms. The van der Waals surface area contributed by atoms with E-state index in [1.807, 2.05) is 24.5 Å². The molecule has 4 heteroatoms. The van der Waals surface area contributed by atoms with Crippen molar-refractivity contribution < 1.29 is 0 Å². The molecule has 0 amide bonds. The predicted molar refractivity (Wildman–Crippen MR) is 84.2 cm³/mol. The van der Waals surface area contributed by atoms with Crippen LogP contribution in [0, 0.1) is 13.8 Å². The molecule has 0 aliphatic heterocycles. The average Bonchev–Trinajstić information content (AvgIpc) is 2.91. The van der Waals surface area contributed by atoms with Gasteiger partial charge in [0.05, 0.1) is 5.69 Å². The van der Waals surface area contributed by atoms with Crippen LogP contribution in [-0.2, 0) is 0 Å². The van der Waals surface area contributed by atoms with Gasteiger partial charge in [0.15, 0.2) is 4.96 Å². The second-order valence-corrected chi connectivity index (χ2v) is 5.60. The van der Waals surface area contributed by atoms with Gasteiger partial charge in [0.1, 0.15) is 0 Å². The van der Waals surface area contributed by atoms with E-state index in [1.54, 1.807) is 10.6 Å². The molecule has 0 unspecified atom stereocenters. The van der Waals surface area contributed by atoms with Crippen molar-refractivity contribution in [3.63, 3.8) is 0 Å². The third-order valence-electron chi connectivity index (χ3n) is 3.24. The van der Waals surface area contributed by atoms with E-state index in [1.165, 1.54) is 16.9 Å². The number of benzene rings is 1. The fourth-order valence-corrected chi connectivity index (χ4v) is 2.71. The molecule has 1 aromatic carbocycles. The van der Waals surface area contributed by atoms with Crippen molar-refractivity contribution in [3.05, 3.63) is 68.6 Å². The summed E-state index contributed by atoms with van der Waals surface area (Å²) in [5.41, 5.74) is 3.74. The quantitative estimate of drug-likeness (QED) is 0.720. The molecule has 3 aromatic rings. The Morgan fingerprint density at radius 2 is 1.90 bits per heavy atom. The van der Waals surface area contributed by atoms with Gasteiger partial charge in [0, 0.05) is 17.1 Å². The fourth-order valence-electron chi connectivity index (χ4n) is 2.00. The lowest BCUT2D eigenvalue weighted by Gasteiger charge is -2.00. The largest absolute Gasteiger partial charge is 0.269 e. The van der Waals surface area contributed by atoms with Crippen LogP contribution in [0.2, 0.25) is 0 Å². The summed E-state index contributed by atoms with van der Waals surface area (Å²) in [5, 5.41) is 1.87. The molecule has 0 aliphatic rings. The Morgan fingerprint density at radius 1 is 1.15 bits per heavy atom. The number of aryl methyl sites for hydroxylation is 1. The number of nitrogens with zero attached hydrogens (tertiary/aromatic N) is 2. The van der Waals surface area contributed by atoms with E-state index >= 15 is 0 Å². The molecule has 0 saturated heterocycles. The normalized spacial score (nSPS) is 11.5. The van der Waals surface area contributed by atoms with Gasteiger partial charge in [-0.3, -0.25) is 9.20 Å². The maximum absolute atomic E-state index is 12.2. The molecule has 0 spiro atoms. The van der Waals surface area contributed by atoms with E-state index in [-0.39, 0.29) is 5.56 Å². The Balaban J connectivity index is 2.04. The first-order chi connectivity index (χ1) is 9.65. The van der Waals surface area contributed by atoms with E-state index in [2.05, 4.69) is 36.2 Å². The van der Waals surface area contributed by atoms with Crippen molar-refractivity contribution in [1.29, 1.82) is 0 Å². The van der Waals surface area contributed by atoms with Crippen LogP contribution < -0.4 is 5.56 Å². The summed E-state index contributed by atoms with van der Waals surface area (Å²) in [6.07, 6.45) is 5.65. The van der Waals surface area contributed by atoms with E-state index in [9.17, 15) is 4.79 Å². The van der Waals surface area contributed by atoms with Crippen molar-refractivity contribution in [2.45, 2.75) is 13.8 Å². The summed E-state index contributed by atoms with van der Waals surface area (Å²) in [6.45, 7) is 3.87. The van der Waals surface area contributed by atoms with E-state index in [0.717, 1.165) is 16.2 Å². The van der Waals surface area contributed by atoms with Crippen molar-refractivity contribution in [2.24, 2.45) is 0 Å². The molecule has 100 valence electrons. The molecule has 0 atom stereocenters. The summed E-state index contributed by atoms with van der Waals surface area (Å²) in [5.74, 6) is 0. The Kier molecular flexibility index (Phi) is 3.24. The first-order valence-electron chi connectivity index (χ1n) is 6.36. The highest BCUT2D eigenvalue weighted by Crippen LogP contribution is 2.13. The molecular formula is C16H14N2OS. The standard InChI is InChI=1S/C16H14N2OS/c1-11-3-5-13(6-4-11)7-8-14-12(2)15(19)18-9-10-20-16(18)17-14/h3-10H,1-2H3. The average molecular weight is 282 g/mol. The number of aromatic nitrogens is 2. The van der Waals surface area contributed by atoms with Crippen LogP contribution in [-0.4, -0.2) is 9.38 Å². The highest BCUT2D eigenvalue weighted by Gasteiger charge is 2.06. The number of rotatable bonds is 2. The minimum absolute atomic E-state index is 0.000180. The SMILES string of the molecule is Cc1ccc(C=Cc2nc3sccn3c(=O)c2C)cc1. The molecule has 0 N–H and O–H groups in total. The van der Waals surface area contributed by atoms with Crippen LogP contribution in [0.1, 0.15) is 22.4 Å². The third-order valence-corrected chi connectivity index (χ3v) is 4.00. The molecule has 3 nitrogen and oxygen atoms in total.